The van der Waals surface area contributed by atoms with Crippen LogP contribution < -0.4 is 10.6 Å². The van der Waals surface area contributed by atoms with E-state index in [0.29, 0.717) is 11.3 Å². The first-order valence-corrected chi connectivity index (χ1v) is 4.64. The van der Waals surface area contributed by atoms with Crippen LogP contribution in [0.15, 0.2) is 24.3 Å². The number of hydrogen-bond donors (Lipinski definition) is 1. The summed E-state index contributed by atoms with van der Waals surface area (Å²) in [6.07, 6.45) is 0. The molecule has 16 heavy (non-hydrogen) atoms. The Labute approximate surface area is 92.8 Å². The molecule has 2 N–H and O–H groups in total. The van der Waals surface area contributed by atoms with E-state index in [1.54, 1.807) is 0 Å². The van der Waals surface area contributed by atoms with Crippen LogP contribution in [0.25, 0.3) is 0 Å². The number of primary amides is 1. The van der Waals surface area contributed by atoms with Crippen LogP contribution in [0.3, 0.4) is 0 Å². The first-order chi connectivity index (χ1) is 7.43. The van der Waals surface area contributed by atoms with Gasteiger partial charge in [0.25, 0.3) is 0 Å². The molecule has 5 nitrogen and oxygen atoms in total. The van der Waals surface area contributed by atoms with E-state index >= 15 is 0 Å². The number of imide groups is 1. The van der Waals surface area contributed by atoms with Crippen LogP contribution in [-0.2, 0) is 9.59 Å². The Morgan fingerprint density at radius 2 is 1.44 bits per heavy atom. The van der Waals surface area contributed by atoms with Gasteiger partial charge in [0, 0.05) is 19.4 Å². The quantitative estimate of drug-likeness (QED) is 0.796. The van der Waals surface area contributed by atoms with Crippen molar-refractivity contribution >= 4 is 23.4 Å². The van der Waals surface area contributed by atoms with Gasteiger partial charge in [-0.25, -0.2) is 0 Å². The molecular weight excluding hydrogens is 208 g/mol. The van der Waals surface area contributed by atoms with Gasteiger partial charge in [0.1, 0.15) is 0 Å². The van der Waals surface area contributed by atoms with Gasteiger partial charge >= 0.3 is 0 Å². The maximum atomic E-state index is 11.2. The number of nitrogens with zero attached hydrogens (tertiary/aromatic N) is 1. The summed E-state index contributed by atoms with van der Waals surface area (Å²) in [4.78, 5) is 34.3. The van der Waals surface area contributed by atoms with Crippen LogP contribution >= 0.6 is 0 Å². The van der Waals surface area contributed by atoms with Crippen molar-refractivity contribution in [1.29, 1.82) is 0 Å². The number of carbonyl (C=O) groups is 3. The predicted molar refractivity (Wildman–Crippen MR) is 58.8 cm³/mol. The fourth-order valence-electron chi connectivity index (χ4n) is 1.36. The van der Waals surface area contributed by atoms with E-state index in [1.165, 1.54) is 38.1 Å². The standard InChI is InChI=1S/C11H12N2O3/c1-7(14)13(8(2)15)10-5-3-9(4-6-10)11(12)16/h3-6H,1-2H3,(H2,12,16). The Hall–Kier alpha value is -2.17. The topological polar surface area (TPSA) is 80.5 Å². The van der Waals surface area contributed by atoms with Crippen molar-refractivity contribution in [2.75, 3.05) is 4.90 Å². The molecule has 0 saturated carbocycles. The Kier molecular flexibility index (Phi) is 3.40. The van der Waals surface area contributed by atoms with Gasteiger partial charge in [-0.05, 0) is 24.3 Å². The number of nitrogens with two attached hydrogens (primary N) is 1. The molecular formula is C11H12N2O3. The summed E-state index contributed by atoms with van der Waals surface area (Å²) in [6.45, 7) is 2.59. The van der Waals surface area contributed by atoms with Gasteiger partial charge in [-0.2, -0.15) is 0 Å². The van der Waals surface area contributed by atoms with Gasteiger partial charge in [-0.1, -0.05) is 0 Å². The van der Waals surface area contributed by atoms with Gasteiger partial charge in [0.2, 0.25) is 17.7 Å². The molecule has 0 aromatic heterocycles. The molecule has 0 fully saturated rings. The minimum atomic E-state index is -0.552. The average Bonchev–Trinajstić information content (AvgIpc) is 2.17. The Bertz CT molecular complexity index is 423. The molecule has 0 bridgehead atoms. The number of anilines is 1. The fourth-order valence-corrected chi connectivity index (χ4v) is 1.36. The zero-order chi connectivity index (χ0) is 12.3. The molecule has 3 amide bonds. The van der Waals surface area contributed by atoms with Crippen molar-refractivity contribution in [3.8, 4) is 0 Å². The van der Waals surface area contributed by atoms with Crippen molar-refractivity contribution in [3.05, 3.63) is 29.8 Å². The zero-order valence-corrected chi connectivity index (χ0v) is 9.06. The Morgan fingerprint density at radius 1 is 1.00 bits per heavy atom. The van der Waals surface area contributed by atoms with Crippen molar-refractivity contribution < 1.29 is 14.4 Å². The van der Waals surface area contributed by atoms with Crippen LogP contribution in [0.1, 0.15) is 24.2 Å². The third-order valence-electron chi connectivity index (χ3n) is 2.04. The van der Waals surface area contributed by atoms with E-state index in [1.807, 2.05) is 0 Å². The molecule has 0 spiro atoms. The first kappa shape index (κ1) is 11.9. The highest BCUT2D eigenvalue weighted by Gasteiger charge is 2.15. The molecule has 5 heteroatoms. The third-order valence-corrected chi connectivity index (χ3v) is 2.04. The second-order valence-electron chi connectivity index (χ2n) is 3.28. The molecule has 0 unspecified atom stereocenters. The lowest BCUT2D eigenvalue weighted by Crippen LogP contribution is -2.33. The molecule has 0 aliphatic carbocycles. The zero-order valence-electron chi connectivity index (χ0n) is 9.06. The van der Waals surface area contributed by atoms with Crippen molar-refractivity contribution in [2.24, 2.45) is 5.73 Å². The Balaban J connectivity index is 3.08. The highest BCUT2D eigenvalue weighted by molar-refractivity contribution is 6.13. The van der Waals surface area contributed by atoms with Crippen molar-refractivity contribution in [1.82, 2.24) is 0 Å². The minimum Gasteiger partial charge on any atom is -0.366 e. The van der Waals surface area contributed by atoms with E-state index in [0.717, 1.165) is 4.90 Å². The van der Waals surface area contributed by atoms with E-state index in [4.69, 9.17) is 5.73 Å². The summed E-state index contributed by atoms with van der Waals surface area (Å²) in [6, 6.07) is 5.94. The van der Waals surface area contributed by atoms with E-state index in [2.05, 4.69) is 0 Å². The van der Waals surface area contributed by atoms with Crippen LogP contribution in [0.2, 0.25) is 0 Å². The molecule has 0 saturated heterocycles. The van der Waals surface area contributed by atoms with Crippen LogP contribution in [0, 0.1) is 0 Å². The Morgan fingerprint density at radius 3 is 1.75 bits per heavy atom. The summed E-state index contributed by atoms with van der Waals surface area (Å²) in [5.74, 6) is -1.30. The lowest BCUT2D eigenvalue weighted by Gasteiger charge is -2.16. The predicted octanol–water partition coefficient (Wildman–Crippen LogP) is 0.685. The number of benzene rings is 1. The third kappa shape index (κ3) is 2.44. The molecule has 1 aromatic rings. The summed E-state index contributed by atoms with van der Waals surface area (Å²) in [7, 11) is 0. The second kappa shape index (κ2) is 4.57. The van der Waals surface area contributed by atoms with Gasteiger partial charge < -0.3 is 5.73 Å². The maximum absolute atomic E-state index is 11.2. The lowest BCUT2D eigenvalue weighted by molar-refractivity contribution is -0.124. The number of carbonyl (C=O) groups excluding carboxylic acids is 3. The largest absolute Gasteiger partial charge is 0.366 e. The molecule has 0 atom stereocenters. The van der Waals surface area contributed by atoms with Crippen molar-refractivity contribution in [3.63, 3.8) is 0 Å². The SMILES string of the molecule is CC(=O)N(C(C)=O)c1ccc(C(N)=O)cc1. The molecule has 0 heterocycles. The molecule has 0 aliphatic heterocycles. The van der Waals surface area contributed by atoms with Gasteiger partial charge in [-0.15, -0.1) is 0 Å². The van der Waals surface area contributed by atoms with Crippen LogP contribution in [0.4, 0.5) is 5.69 Å². The summed E-state index contributed by atoms with van der Waals surface area (Å²) >= 11 is 0. The van der Waals surface area contributed by atoms with Crippen LogP contribution in [0.5, 0.6) is 0 Å². The monoisotopic (exact) mass is 220 g/mol. The lowest BCUT2D eigenvalue weighted by atomic mass is 10.2. The summed E-state index contributed by atoms with van der Waals surface area (Å²) in [5.41, 5.74) is 5.82. The van der Waals surface area contributed by atoms with Gasteiger partial charge in [-0.3, -0.25) is 19.3 Å². The first-order valence-electron chi connectivity index (χ1n) is 4.64. The minimum absolute atomic E-state index is 0.329. The van der Waals surface area contributed by atoms with Crippen molar-refractivity contribution in [2.45, 2.75) is 13.8 Å². The molecule has 1 rings (SSSR count). The van der Waals surface area contributed by atoms with Gasteiger partial charge in [0.05, 0.1) is 5.69 Å². The molecule has 1 aromatic carbocycles. The van der Waals surface area contributed by atoms with Crippen LogP contribution in [-0.4, -0.2) is 17.7 Å². The number of rotatable bonds is 2. The maximum Gasteiger partial charge on any atom is 0.248 e. The molecule has 0 radical (unpaired) electrons. The van der Waals surface area contributed by atoms with E-state index in [-0.39, 0.29) is 11.8 Å². The number of hydrogen-bond acceptors (Lipinski definition) is 3. The summed E-state index contributed by atoms with van der Waals surface area (Å²) < 4.78 is 0. The van der Waals surface area contributed by atoms with E-state index < -0.39 is 5.91 Å². The smallest absolute Gasteiger partial charge is 0.248 e. The molecule has 0 aliphatic rings. The fraction of sp³-hybridized carbons (Fsp3) is 0.182. The second-order valence-corrected chi connectivity index (χ2v) is 3.28. The normalized spacial score (nSPS) is 9.62. The molecule has 84 valence electrons. The summed E-state index contributed by atoms with van der Waals surface area (Å²) in [5, 5.41) is 0. The highest BCUT2D eigenvalue weighted by atomic mass is 16.2. The average molecular weight is 220 g/mol. The highest BCUT2D eigenvalue weighted by Crippen LogP contribution is 2.15. The number of amides is 3. The van der Waals surface area contributed by atoms with E-state index in [9.17, 15) is 14.4 Å². The van der Waals surface area contributed by atoms with Gasteiger partial charge in [0.15, 0.2) is 0 Å².